The maximum absolute atomic E-state index is 4.80. The molecule has 0 aliphatic heterocycles. The molecule has 1 saturated carbocycles. The molecule has 2 aromatic rings. The lowest BCUT2D eigenvalue weighted by Gasteiger charge is -2.28. The third-order valence-corrected chi connectivity index (χ3v) is 4.99. The number of fused-ring (bicyclic) bond motifs is 1. The van der Waals surface area contributed by atoms with Gasteiger partial charge in [0.25, 0.3) is 0 Å². The number of hydrogen-bond donors (Lipinski definition) is 1. The van der Waals surface area contributed by atoms with Gasteiger partial charge in [-0.15, -0.1) is 0 Å². The number of para-hydroxylation sites is 2. The van der Waals surface area contributed by atoms with Crippen molar-refractivity contribution in [1.29, 1.82) is 0 Å². The van der Waals surface area contributed by atoms with Crippen molar-refractivity contribution < 1.29 is 0 Å². The minimum absolute atomic E-state index is 0.593. The SMILES string of the molecule is CCn1c(CN[C@@H](C)C2CCCCC2)nc2ccccc21. The normalized spacial score (nSPS) is 18.2. The molecule has 3 heteroatoms. The van der Waals surface area contributed by atoms with Crippen LogP contribution in [0.1, 0.15) is 51.8 Å². The van der Waals surface area contributed by atoms with Gasteiger partial charge in [0.15, 0.2) is 0 Å². The van der Waals surface area contributed by atoms with Gasteiger partial charge in [-0.2, -0.15) is 0 Å². The van der Waals surface area contributed by atoms with Gasteiger partial charge in [0.05, 0.1) is 17.6 Å². The summed E-state index contributed by atoms with van der Waals surface area (Å²) >= 11 is 0. The Bertz CT molecular complexity index is 581. The Kier molecular flexibility index (Phi) is 4.59. The van der Waals surface area contributed by atoms with Gasteiger partial charge in [0.1, 0.15) is 5.82 Å². The first-order valence-electron chi connectivity index (χ1n) is 8.47. The summed E-state index contributed by atoms with van der Waals surface area (Å²) in [5, 5.41) is 3.72. The van der Waals surface area contributed by atoms with Gasteiger partial charge in [0.2, 0.25) is 0 Å². The Balaban J connectivity index is 1.69. The minimum Gasteiger partial charge on any atom is -0.327 e. The van der Waals surface area contributed by atoms with Crippen molar-refractivity contribution in [3.05, 3.63) is 30.1 Å². The molecule has 0 amide bonds. The Morgan fingerprint density at radius 2 is 2.00 bits per heavy atom. The maximum atomic E-state index is 4.80. The van der Waals surface area contributed by atoms with Crippen LogP contribution in [0.2, 0.25) is 0 Å². The lowest BCUT2D eigenvalue weighted by atomic mass is 9.84. The van der Waals surface area contributed by atoms with Gasteiger partial charge in [0, 0.05) is 12.6 Å². The molecule has 114 valence electrons. The molecule has 1 aromatic heterocycles. The number of aromatic nitrogens is 2. The molecule has 1 aliphatic carbocycles. The van der Waals surface area contributed by atoms with Crippen LogP contribution in [0, 0.1) is 5.92 Å². The molecular formula is C18H27N3. The highest BCUT2D eigenvalue weighted by Gasteiger charge is 2.20. The molecule has 3 rings (SSSR count). The first-order chi connectivity index (χ1) is 10.3. The Hall–Kier alpha value is -1.35. The van der Waals surface area contributed by atoms with Crippen LogP contribution in [0.25, 0.3) is 11.0 Å². The van der Waals surface area contributed by atoms with Gasteiger partial charge in [-0.3, -0.25) is 0 Å². The van der Waals surface area contributed by atoms with Crippen LogP contribution in [0.15, 0.2) is 24.3 Å². The highest BCUT2D eigenvalue weighted by atomic mass is 15.1. The summed E-state index contributed by atoms with van der Waals surface area (Å²) in [6.07, 6.45) is 7.01. The van der Waals surface area contributed by atoms with Crippen LogP contribution >= 0.6 is 0 Å². The third-order valence-electron chi connectivity index (χ3n) is 4.99. The van der Waals surface area contributed by atoms with E-state index < -0.39 is 0 Å². The molecule has 1 atom stereocenters. The molecule has 0 spiro atoms. The van der Waals surface area contributed by atoms with Gasteiger partial charge < -0.3 is 9.88 Å². The highest BCUT2D eigenvalue weighted by molar-refractivity contribution is 5.75. The smallest absolute Gasteiger partial charge is 0.123 e. The summed E-state index contributed by atoms with van der Waals surface area (Å²) in [6.45, 7) is 6.40. The molecular weight excluding hydrogens is 258 g/mol. The molecule has 1 heterocycles. The first-order valence-corrected chi connectivity index (χ1v) is 8.47. The van der Waals surface area contributed by atoms with Gasteiger partial charge in [-0.25, -0.2) is 4.98 Å². The Morgan fingerprint density at radius 1 is 1.24 bits per heavy atom. The molecule has 1 N–H and O–H groups in total. The van der Waals surface area contributed by atoms with E-state index in [9.17, 15) is 0 Å². The minimum atomic E-state index is 0.593. The molecule has 0 unspecified atom stereocenters. The number of benzene rings is 1. The van der Waals surface area contributed by atoms with E-state index in [1.165, 1.54) is 43.4 Å². The number of imidazole rings is 1. The fourth-order valence-electron chi connectivity index (χ4n) is 3.67. The largest absolute Gasteiger partial charge is 0.327 e. The topological polar surface area (TPSA) is 29.9 Å². The predicted molar refractivity (Wildman–Crippen MR) is 88.3 cm³/mol. The van der Waals surface area contributed by atoms with Crippen LogP contribution in [-0.4, -0.2) is 15.6 Å². The number of nitrogens with zero attached hydrogens (tertiary/aromatic N) is 2. The number of aryl methyl sites for hydroxylation is 1. The van der Waals surface area contributed by atoms with Crippen molar-refractivity contribution in [1.82, 2.24) is 14.9 Å². The molecule has 0 bridgehead atoms. The standard InChI is InChI=1S/C18H27N3/c1-3-21-17-12-8-7-11-16(17)20-18(21)13-19-14(2)15-9-5-4-6-10-15/h7-8,11-12,14-15,19H,3-6,9-10,13H2,1-2H3/t14-/m0/s1. The summed E-state index contributed by atoms with van der Waals surface area (Å²) in [6, 6.07) is 9.03. The first kappa shape index (κ1) is 14.6. The van der Waals surface area contributed by atoms with Crippen molar-refractivity contribution in [2.75, 3.05) is 0 Å². The van der Waals surface area contributed by atoms with E-state index in [-0.39, 0.29) is 0 Å². The monoisotopic (exact) mass is 285 g/mol. The van der Waals surface area contributed by atoms with Gasteiger partial charge in [-0.1, -0.05) is 31.4 Å². The molecule has 3 nitrogen and oxygen atoms in total. The van der Waals surface area contributed by atoms with Gasteiger partial charge in [-0.05, 0) is 44.7 Å². The quantitative estimate of drug-likeness (QED) is 0.895. The second kappa shape index (κ2) is 6.61. The Labute approximate surface area is 127 Å². The summed E-state index contributed by atoms with van der Waals surface area (Å²) in [4.78, 5) is 4.80. The van der Waals surface area contributed by atoms with Crippen LogP contribution < -0.4 is 5.32 Å². The van der Waals surface area contributed by atoms with Crippen molar-refractivity contribution in [3.63, 3.8) is 0 Å². The average Bonchev–Trinajstić information content (AvgIpc) is 2.91. The lowest BCUT2D eigenvalue weighted by Crippen LogP contribution is -2.34. The van der Waals surface area contributed by atoms with E-state index in [0.29, 0.717) is 6.04 Å². The molecule has 1 aromatic carbocycles. The molecule has 0 radical (unpaired) electrons. The summed E-state index contributed by atoms with van der Waals surface area (Å²) < 4.78 is 2.33. The number of rotatable bonds is 5. The zero-order chi connectivity index (χ0) is 14.7. The maximum Gasteiger partial charge on any atom is 0.123 e. The van der Waals surface area contributed by atoms with E-state index in [0.717, 1.165) is 24.5 Å². The van der Waals surface area contributed by atoms with E-state index in [1.54, 1.807) is 0 Å². The molecule has 21 heavy (non-hydrogen) atoms. The molecule has 0 saturated heterocycles. The van der Waals surface area contributed by atoms with Crippen LogP contribution in [0.4, 0.5) is 0 Å². The van der Waals surface area contributed by atoms with Crippen molar-refractivity contribution in [2.45, 2.75) is 65.1 Å². The number of nitrogens with one attached hydrogen (secondary N) is 1. The highest BCUT2D eigenvalue weighted by Crippen LogP contribution is 2.26. The van der Waals surface area contributed by atoms with Crippen LogP contribution in [-0.2, 0) is 13.1 Å². The second-order valence-electron chi connectivity index (χ2n) is 6.33. The van der Waals surface area contributed by atoms with Gasteiger partial charge >= 0.3 is 0 Å². The van der Waals surface area contributed by atoms with Crippen LogP contribution in [0.3, 0.4) is 0 Å². The fraction of sp³-hybridized carbons (Fsp3) is 0.611. The predicted octanol–water partition coefficient (Wildman–Crippen LogP) is 4.11. The summed E-state index contributed by atoms with van der Waals surface area (Å²) in [5.74, 6) is 2.01. The summed E-state index contributed by atoms with van der Waals surface area (Å²) in [7, 11) is 0. The third kappa shape index (κ3) is 3.13. The second-order valence-corrected chi connectivity index (χ2v) is 6.33. The van der Waals surface area contributed by atoms with E-state index in [4.69, 9.17) is 4.98 Å². The Morgan fingerprint density at radius 3 is 2.76 bits per heavy atom. The fourth-order valence-corrected chi connectivity index (χ4v) is 3.67. The average molecular weight is 285 g/mol. The van der Waals surface area contributed by atoms with Crippen LogP contribution in [0.5, 0.6) is 0 Å². The number of hydrogen-bond acceptors (Lipinski definition) is 2. The van der Waals surface area contributed by atoms with E-state index in [1.807, 2.05) is 0 Å². The van der Waals surface area contributed by atoms with E-state index >= 15 is 0 Å². The van der Waals surface area contributed by atoms with Crippen molar-refractivity contribution >= 4 is 11.0 Å². The van der Waals surface area contributed by atoms with Crippen molar-refractivity contribution in [2.24, 2.45) is 5.92 Å². The molecule has 1 fully saturated rings. The molecule has 1 aliphatic rings. The van der Waals surface area contributed by atoms with E-state index in [2.05, 4.69) is 48.0 Å². The van der Waals surface area contributed by atoms with Crippen molar-refractivity contribution in [3.8, 4) is 0 Å². The lowest BCUT2D eigenvalue weighted by molar-refractivity contribution is 0.278. The summed E-state index contributed by atoms with van der Waals surface area (Å²) in [5.41, 5.74) is 2.36. The zero-order valence-electron chi connectivity index (χ0n) is 13.3. The zero-order valence-corrected chi connectivity index (χ0v) is 13.3.